The summed E-state index contributed by atoms with van der Waals surface area (Å²) >= 11 is 0. The second kappa shape index (κ2) is 7.59. The lowest BCUT2D eigenvalue weighted by Gasteiger charge is -2.18. The predicted molar refractivity (Wildman–Crippen MR) is 77.1 cm³/mol. The van der Waals surface area contributed by atoms with Crippen LogP contribution in [0.15, 0.2) is 36.9 Å². The Labute approximate surface area is 114 Å². The van der Waals surface area contributed by atoms with Crippen LogP contribution in [0.4, 0.5) is 0 Å². The van der Waals surface area contributed by atoms with Crippen LogP contribution in [0.3, 0.4) is 0 Å². The zero-order valence-electron chi connectivity index (χ0n) is 11.6. The van der Waals surface area contributed by atoms with Gasteiger partial charge < -0.3 is 15.8 Å². The van der Waals surface area contributed by atoms with Crippen molar-refractivity contribution in [1.29, 1.82) is 0 Å². The number of hydrogen-bond acceptors (Lipinski definition) is 3. The van der Waals surface area contributed by atoms with E-state index in [1.165, 1.54) is 0 Å². The molecule has 19 heavy (non-hydrogen) atoms. The number of carbonyl (C=O) groups excluding carboxylic acids is 1. The highest BCUT2D eigenvalue weighted by Gasteiger charge is 2.15. The molecule has 0 saturated carbocycles. The lowest BCUT2D eigenvalue weighted by molar-refractivity contribution is -0.122. The van der Waals surface area contributed by atoms with Gasteiger partial charge in [-0.3, -0.25) is 4.79 Å². The van der Waals surface area contributed by atoms with Gasteiger partial charge in [-0.15, -0.1) is 6.58 Å². The predicted octanol–water partition coefficient (Wildman–Crippen LogP) is 1.65. The van der Waals surface area contributed by atoms with E-state index in [0.717, 1.165) is 11.3 Å². The molecule has 2 unspecified atom stereocenters. The van der Waals surface area contributed by atoms with Crippen LogP contribution in [-0.4, -0.2) is 25.1 Å². The summed E-state index contributed by atoms with van der Waals surface area (Å²) in [5.74, 6) is 0.682. The molecule has 4 heteroatoms. The highest BCUT2D eigenvalue weighted by atomic mass is 16.5. The summed E-state index contributed by atoms with van der Waals surface area (Å²) < 4.78 is 5.29. The van der Waals surface area contributed by atoms with E-state index in [4.69, 9.17) is 10.5 Å². The third kappa shape index (κ3) is 4.75. The number of carbonyl (C=O) groups is 1. The first kappa shape index (κ1) is 15.2. The van der Waals surface area contributed by atoms with Crippen LogP contribution in [-0.2, 0) is 11.2 Å². The second-order valence-electron chi connectivity index (χ2n) is 4.56. The Kier molecular flexibility index (Phi) is 6.09. The Morgan fingerprint density at radius 1 is 1.53 bits per heavy atom. The summed E-state index contributed by atoms with van der Waals surface area (Å²) in [4.78, 5) is 11.8. The van der Waals surface area contributed by atoms with Crippen LogP contribution in [0.1, 0.15) is 18.9 Å². The molecule has 1 aromatic carbocycles. The summed E-state index contributed by atoms with van der Waals surface area (Å²) in [5, 5.41) is 2.90. The fourth-order valence-corrected chi connectivity index (χ4v) is 1.89. The number of para-hydroxylation sites is 1. The number of methoxy groups -OCH3 is 1. The van der Waals surface area contributed by atoms with Crippen LogP contribution in [0.2, 0.25) is 0 Å². The Balaban J connectivity index is 2.57. The molecular weight excluding hydrogens is 240 g/mol. The van der Waals surface area contributed by atoms with Gasteiger partial charge in [0.2, 0.25) is 5.91 Å². The smallest absolute Gasteiger partial charge is 0.237 e. The monoisotopic (exact) mass is 262 g/mol. The van der Waals surface area contributed by atoms with Crippen molar-refractivity contribution in [2.75, 3.05) is 7.11 Å². The summed E-state index contributed by atoms with van der Waals surface area (Å²) in [6, 6.07) is 7.25. The van der Waals surface area contributed by atoms with Gasteiger partial charge in [0.25, 0.3) is 0 Å². The van der Waals surface area contributed by atoms with Crippen molar-refractivity contribution in [2.24, 2.45) is 5.73 Å². The first-order valence-electron chi connectivity index (χ1n) is 6.37. The normalized spacial score (nSPS) is 13.4. The molecule has 0 aliphatic heterocycles. The van der Waals surface area contributed by atoms with Crippen molar-refractivity contribution < 1.29 is 9.53 Å². The Morgan fingerprint density at radius 2 is 2.21 bits per heavy atom. The molecule has 0 fully saturated rings. The van der Waals surface area contributed by atoms with E-state index >= 15 is 0 Å². The number of amides is 1. The van der Waals surface area contributed by atoms with Crippen molar-refractivity contribution in [3.05, 3.63) is 42.5 Å². The van der Waals surface area contributed by atoms with Crippen molar-refractivity contribution in [3.63, 3.8) is 0 Å². The number of hydrogen-bond donors (Lipinski definition) is 2. The summed E-state index contributed by atoms with van der Waals surface area (Å²) in [5.41, 5.74) is 6.78. The van der Waals surface area contributed by atoms with Gasteiger partial charge in [0.05, 0.1) is 13.2 Å². The lowest BCUT2D eigenvalue weighted by Crippen LogP contribution is -2.44. The molecule has 4 nitrogen and oxygen atoms in total. The largest absolute Gasteiger partial charge is 0.496 e. The van der Waals surface area contributed by atoms with Crippen LogP contribution in [0.5, 0.6) is 5.75 Å². The van der Waals surface area contributed by atoms with Gasteiger partial charge in [0, 0.05) is 6.04 Å². The minimum Gasteiger partial charge on any atom is -0.496 e. The van der Waals surface area contributed by atoms with Crippen LogP contribution in [0.25, 0.3) is 0 Å². The van der Waals surface area contributed by atoms with E-state index < -0.39 is 6.04 Å². The van der Waals surface area contributed by atoms with Crippen LogP contribution >= 0.6 is 0 Å². The quantitative estimate of drug-likeness (QED) is 0.734. The van der Waals surface area contributed by atoms with Gasteiger partial charge in [-0.25, -0.2) is 0 Å². The average molecular weight is 262 g/mol. The molecule has 0 bridgehead atoms. The average Bonchev–Trinajstić information content (AvgIpc) is 2.39. The maximum Gasteiger partial charge on any atom is 0.237 e. The minimum atomic E-state index is -0.530. The Morgan fingerprint density at radius 3 is 2.84 bits per heavy atom. The van der Waals surface area contributed by atoms with E-state index in [9.17, 15) is 4.79 Å². The molecule has 0 spiro atoms. The molecule has 1 aromatic rings. The zero-order valence-corrected chi connectivity index (χ0v) is 11.6. The van der Waals surface area contributed by atoms with Gasteiger partial charge >= 0.3 is 0 Å². The summed E-state index contributed by atoms with van der Waals surface area (Å²) in [6.07, 6.45) is 2.83. The molecule has 0 radical (unpaired) electrons. The number of nitrogens with two attached hydrogens (primary N) is 1. The second-order valence-corrected chi connectivity index (χ2v) is 4.56. The molecule has 0 heterocycles. The van der Waals surface area contributed by atoms with Crippen molar-refractivity contribution in [2.45, 2.75) is 31.8 Å². The fraction of sp³-hybridized carbons (Fsp3) is 0.400. The van der Waals surface area contributed by atoms with Crippen LogP contribution < -0.4 is 15.8 Å². The molecule has 3 N–H and O–H groups in total. The van der Waals surface area contributed by atoms with Gasteiger partial charge in [0.1, 0.15) is 5.75 Å². The Hall–Kier alpha value is -1.81. The van der Waals surface area contributed by atoms with Crippen molar-refractivity contribution >= 4 is 5.91 Å². The maximum atomic E-state index is 11.8. The number of ether oxygens (including phenoxy) is 1. The first-order valence-corrected chi connectivity index (χ1v) is 6.37. The molecule has 104 valence electrons. The molecule has 1 rings (SSSR count). The molecule has 2 atom stereocenters. The third-order valence-electron chi connectivity index (χ3n) is 2.86. The molecule has 0 aromatic heterocycles. The molecule has 0 saturated heterocycles. The minimum absolute atomic E-state index is 0.000310. The van der Waals surface area contributed by atoms with Gasteiger partial charge in [0.15, 0.2) is 0 Å². The lowest BCUT2D eigenvalue weighted by atomic mass is 10.1. The summed E-state index contributed by atoms with van der Waals surface area (Å²) in [7, 11) is 1.64. The van der Waals surface area contributed by atoms with E-state index in [1.54, 1.807) is 13.2 Å². The van der Waals surface area contributed by atoms with Gasteiger partial charge in [-0.2, -0.15) is 0 Å². The number of rotatable bonds is 7. The van der Waals surface area contributed by atoms with E-state index in [-0.39, 0.29) is 11.9 Å². The van der Waals surface area contributed by atoms with E-state index in [0.29, 0.717) is 12.8 Å². The molecular formula is C15H22N2O2. The summed E-state index contributed by atoms with van der Waals surface area (Å²) in [6.45, 7) is 5.53. The maximum absolute atomic E-state index is 11.8. The molecule has 0 aliphatic carbocycles. The highest BCUT2D eigenvalue weighted by molar-refractivity contribution is 5.81. The third-order valence-corrected chi connectivity index (χ3v) is 2.86. The topological polar surface area (TPSA) is 64.4 Å². The van der Waals surface area contributed by atoms with Crippen LogP contribution in [0, 0.1) is 0 Å². The number of benzene rings is 1. The molecule has 1 amide bonds. The zero-order chi connectivity index (χ0) is 14.3. The number of nitrogens with one attached hydrogen (secondary N) is 1. The fourth-order valence-electron chi connectivity index (χ4n) is 1.89. The SMILES string of the molecule is C=CCC(N)C(=O)NC(C)Cc1ccccc1OC. The Bertz CT molecular complexity index is 432. The molecule has 0 aliphatic rings. The standard InChI is InChI=1S/C15H22N2O2/c1-4-7-13(16)15(18)17-11(2)10-12-8-5-6-9-14(12)19-3/h4-6,8-9,11,13H,1,7,10,16H2,2-3H3,(H,17,18). The first-order chi connectivity index (χ1) is 9.08. The van der Waals surface area contributed by atoms with Gasteiger partial charge in [-0.1, -0.05) is 24.3 Å². The van der Waals surface area contributed by atoms with E-state index in [2.05, 4.69) is 11.9 Å². The van der Waals surface area contributed by atoms with E-state index in [1.807, 2.05) is 31.2 Å². The van der Waals surface area contributed by atoms with Crippen molar-refractivity contribution in [3.8, 4) is 5.75 Å². The van der Waals surface area contributed by atoms with Gasteiger partial charge in [-0.05, 0) is 31.4 Å². The highest BCUT2D eigenvalue weighted by Crippen LogP contribution is 2.18. The van der Waals surface area contributed by atoms with Crippen molar-refractivity contribution in [1.82, 2.24) is 5.32 Å².